The number of nitrogens with one attached hydrogen (secondary N) is 2. The zero-order chi connectivity index (χ0) is 17.0. The second kappa shape index (κ2) is 7.65. The number of carbonyl (C=O) groups is 1. The van der Waals surface area contributed by atoms with Crippen LogP contribution in [0.4, 0.5) is 0 Å². The van der Waals surface area contributed by atoms with Crippen molar-refractivity contribution in [1.82, 2.24) is 10.6 Å². The molecule has 0 radical (unpaired) electrons. The summed E-state index contributed by atoms with van der Waals surface area (Å²) in [6.07, 6.45) is -4.84. The smallest absolute Gasteiger partial charge is 0.271 e. The fraction of sp³-hybridized carbons (Fsp3) is 0.538. The van der Waals surface area contributed by atoms with Gasteiger partial charge in [0.2, 0.25) is 0 Å². The summed E-state index contributed by atoms with van der Waals surface area (Å²) in [5, 5.41) is 33.5. The van der Waals surface area contributed by atoms with E-state index in [0.717, 1.165) is 0 Å². The SMILES string of the molecule is C=C(C)/C(N)=C(\NC(C)=S)C(=O)NC1OC(CO)C(O)C1O. The maximum Gasteiger partial charge on any atom is 0.271 e. The molecule has 0 aromatic heterocycles. The minimum atomic E-state index is -1.37. The highest BCUT2D eigenvalue weighted by Crippen LogP contribution is 2.19. The normalized spacial score (nSPS) is 28.8. The lowest BCUT2D eigenvalue weighted by Crippen LogP contribution is -2.46. The molecule has 1 saturated heterocycles. The topological polar surface area (TPSA) is 137 Å². The Labute approximate surface area is 133 Å². The van der Waals surface area contributed by atoms with Crippen LogP contribution in [0.15, 0.2) is 23.5 Å². The standard InChI is InChI=1S/C13H21N3O5S/c1-5(2)8(14)9(15-6(3)22)12(20)16-13-11(19)10(18)7(4-17)21-13/h7,10-11,13,17-19H,1,4,14H2,2-3H3,(H,15,22)(H,16,20)/b9-8+. The lowest BCUT2D eigenvalue weighted by atomic mass is 10.1. The Morgan fingerprint density at radius 2 is 1.95 bits per heavy atom. The Kier molecular flexibility index (Phi) is 6.45. The number of rotatable bonds is 5. The van der Waals surface area contributed by atoms with Gasteiger partial charge >= 0.3 is 0 Å². The van der Waals surface area contributed by atoms with E-state index >= 15 is 0 Å². The quantitative estimate of drug-likeness (QED) is 0.198. The number of aliphatic hydroxyl groups excluding tert-OH is 3. The maximum atomic E-state index is 12.3. The van der Waals surface area contributed by atoms with Crippen molar-refractivity contribution in [3.8, 4) is 0 Å². The van der Waals surface area contributed by atoms with E-state index in [1.165, 1.54) is 0 Å². The molecule has 1 amide bonds. The second-order valence-electron chi connectivity index (χ2n) is 4.98. The average Bonchev–Trinajstić information content (AvgIpc) is 2.71. The zero-order valence-corrected chi connectivity index (χ0v) is 13.2. The van der Waals surface area contributed by atoms with Crippen LogP contribution in [0.25, 0.3) is 0 Å². The Morgan fingerprint density at radius 3 is 2.36 bits per heavy atom. The largest absolute Gasteiger partial charge is 0.397 e. The molecule has 4 unspecified atom stereocenters. The number of allylic oxidation sites excluding steroid dienone is 1. The molecular formula is C13H21N3O5S. The highest BCUT2D eigenvalue weighted by Gasteiger charge is 2.43. The van der Waals surface area contributed by atoms with Crippen LogP contribution in [0, 0.1) is 0 Å². The first-order chi connectivity index (χ1) is 10.2. The van der Waals surface area contributed by atoms with Gasteiger partial charge in [-0.05, 0) is 19.4 Å². The van der Waals surface area contributed by atoms with Crippen LogP contribution in [0.5, 0.6) is 0 Å². The first kappa shape index (κ1) is 18.5. The number of nitrogens with two attached hydrogens (primary N) is 1. The lowest BCUT2D eigenvalue weighted by Gasteiger charge is -2.19. The molecule has 4 atom stereocenters. The van der Waals surface area contributed by atoms with Crippen molar-refractivity contribution >= 4 is 23.1 Å². The van der Waals surface area contributed by atoms with Gasteiger partial charge in [0.1, 0.15) is 24.0 Å². The molecule has 0 aromatic carbocycles. The highest BCUT2D eigenvalue weighted by atomic mass is 32.1. The number of ether oxygens (including phenoxy) is 1. The number of aliphatic hydroxyl groups is 3. The molecule has 9 heteroatoms. The van der Waals surface area contributed by atoms with E-state index in [1.807, 2.05) is 0 Å². The molecule has 1 aliphatic heterocycles. The van der Waals surface area contributed by atoms with Crippen molar-refractivity contribution in [2.75, 3.05) is 6.61 Å². The first-order valence-electron chi connectivity index (χ1n) is 6.55. The molecule has 0 aromatic rings. The summed E-state index contributed by atoms with van der Waals surface area (Å²) >= 11 is 4.89. The molecule has 0 aliphatic carbocycles. The third-order valence-electron chi connectivity index (χ3n) is 3.07. The number of thiocarbonyl (C=S) groups is 1. The monoisotopic (exact) mass is 331 g/mol. The fourth-order valence-electron chi connectivity index (χ4n) is 1.86. The average molecular weight is 331 g/mol. The second-order valence-corrected chi connectivity index (χ2v) is 5.59. The van der Waals surface area contributed by atoms with E-state index in [4.69, 9.17) is 27.8 Å². The summed E-state index contributed by atoms with van der Waals surface area (Å²) in [6, 6.07) is 0. The summed E-state index contributed by atoms with van der Waals surface area (Å²) in [5.41, 5.74) is 6.33. The van der Waals surface area contributed by atoms with Crippen molar-refractivity contribution in [2.45, 2.75) is 38.4 Å². The van der Waals surface area contributed by atoms with Crippen LogP contribution in [0.3, 0.4) is 0 Å². The Balaban J connectivity index is 2.91. The van der Waals surface area contributed by atoms with E-state index in [2.05, 4.69) is 17.2 Å². The summed E-state index contributed by atoms with van der Waals surface area (Å²) in [6.45, 7) is 6.35. The minimum Gasteiger partial charge on any atom is -0.397 e. The third-order valence-corrected chi connectivity index (χ3v) is 3.17. The Hall–Kier alpha value is -1.52. The first-order valence-corrected chi connectivity index (χ1v) is 6.96. The van der Waals surface area contributed by atoms with Crippen molar-refractivity contribution in [1.29, 1.82) is 0 Å². The van der Waals surface area contributed by atoms with Crippen LogP contribution in [-0.2, 0) is 9.53 Å². The predicted octanol–water partition coefficient (Wildman–Crippen LogP) is -1.78. The molecule has 124 valence electrons. The van der Waals surface area contributed by atoms with Crippen molar-refractivity contribution in [3.05, 3.63) is 23.5 Å². The summed E-state index contributed by atoms with van der Waals surface area (Å²) in [4.78, 5) is 12.6. The molecule has 1 fully saturated rings. The molecule has 0 bridgehead atoms. The Bertz CT molecular complexity index is 508. The van der Waals surface area contributed by atoms with E-state index in [1.54, 1.807) is 13.8 Å². The van der Waals surface area contributed by atoms with Gasteiger partial charge in [0.15, 0.2) is 6.23 Å². The number of amides is 1. The van der Waals surface area contributed by atoms with Crippen molar-refractivity contribution < 1.29 is 24.9 Å². The molecule has 8 nitrogen and oxygen atoms in total. The number of hydrogen-bond acceptors (Lipinski definition) is 7. The molecular weight excluding hydrogens is 310 g/mol. The molecule has 1 rings (SSSR count). The summed E-state index contributed by atoms with van der Waals surface area (Å²) in [5.74, 6) is -0.681. The zero-order valence-electron chi connectivity index (χ0n) is 12.4. The summed E-state index contributed by atoms with van der Waals surface area (Å²) < 4.78 is 5.17. The van der Waals surface area contributed by atoms with Gasteiger partial charge in [-0.25, -0.2) is 0 Å². The van der Waals surface area contributed by atoms with E-state index < -0.39 is 37.1 Å². The molecule has 7 N–H and O–H groups in total. The van der Waals surface area contributed by atoms with Crippen LogP contribution in [0.2, 0.25) is 0 Å². The van der Waals surface area contributed by atoms with Gasteiger partial charge < -0.3 is 36.4 Å². The van der Waals surface area contributed by atoms with Crippen molar-refractivity contribution in [2.24, 2.45) is 5.73 Å². The van der Waals surface area contributed by atoms with Crippen LogP contribution < -0.4 is 16.4 Å². The molecule has 0 spiro atoms. The van der Waals surface area contributed by atoms with E-state index in [0.29, 0.717) is 10.6 Å². The van der Waals surface area contributed by atoms with Gasteiger partial charge in [0, 0.05) is 0 Å². The van der Waals surface area contributed by atoms with Crippen molar-refractivity contribution in [3.63, 3.8) is 0 Å². The molecule has 22 heavy (non-hydrogen) atoms. The number of carbonyl (C=O) groups excluding carboxylic acids is 1. The minimum absolute atomic E-state index is 0.0299. The highest BCUT2D eigenvalue weighted by molar-refractivity contribution is 7.80. The maximum absolute atomic E-state index is 12.3. The van der Waals surface area contributed by atoms with Gasteiger partial charge in [-0.3, -0.25) is 4.79 Å². The fourth-order valence-corrected chi connectivity index (χ4v) is 1.96. The van der Waals surface area contributed by atoms with Crippen LogP contribution >= 0.6 is 12.2 Å². The Morgan fingerprint density at radius 1 is 1.36 bits per heavy atom. The third kappa shape index (κ3) is 4.24. The lowest BCUT2D eigenvalue weighted by molar-refractivity contribution is -0.124. The molecule has 0 saturated carbocycles. The van der Waals surface area contributed by atoms with Gasteiger partial charge in [-0.15, -0.1) is 0 Å². The summed E-state index contributed by atoms with van der Waals surface area (Å²) in [7, 11) is 0. The van der Waals surface area contributed by atoms with Crippen LogP contribution in [-0.4, -0.2) is 57.4 Å². The van der Waals surface area contributed by atoms with E-state index in [9.17, 15) is 15.0 Å². The molecule has 1 aliphatic rings. The van der Waals surface area contributed by atoms with Crippen LogP contribution in [0.1, 0.15) is 13.8 Å². The predicted molar refractivity (Wildman–Crippen MR) is 83.3 cm³/mol. The van der Waals surface area contributed by atoms with E-state index in [-0.39, 0.29) is 11.4 Å². The van der Waals surface area contributed by atoms with Gasteiger partial charge in [0.25, 0.3) is 5.91 Å². The molecule has 1 heterocycles. The van der Waals surface area contributed by atoms with Gasteiger partial charge in [-0.1, -0.05) is 18.8 Å². The van der Waals surface area contributed by atoms with Gasteiger partial charge in [-0.2, -0.15) is 0 Å². The van der Waals surface area contributed by atoms with Gasteiger partial charge in [0.05, 0.1) is 17.3 Å². The number of hydrogen-bond donors (Lipinski definition) is 6.